The van der Waals surface area contributed by atoms with E-state index in [0.29, 0.717) is 6.10 Å². The van der Waals surface area contributed by atoms with E-state index in [4.69, 9.17) is 8.85 Å². The lowest BCUT2D eigenvalue weighted by Crippen LogP contribution is -2.44. The first-order valence-electron chi connectivity index (χ1n) is 14.0. The van der Waals surface area contributed by atoms with Crippen molar-refractivity contribution < 1.29 is 8.85 Å². The predicted molar refractivity (Wildman–Crippen MR) is 138 cm³/mol. The summed E-state index contributed by atoms with van der Waals surface area (Å²) >= 11 is 0. The van der Waals surface area contributed by atoms with E-state index in [-0.39, 0.29) is 0 Å². The zero-order valence-corrected chi connectivity index (χ0v) is 22.7. The third-order valence-electron chi connectivity index (χ3n) is 6.56. The van der Waals surface area contributed by atoms with E-state index in [2.05, 4.69) is 34.6 Å². The molecule has 182 valence electrons. The molecule has 0 aliphatic rings. The maximum atomic E-state index is 6.71. The molecule has 0 aromatic carbocycles. The van der Waals surface area contributed by atoms with Crippen molar-refractivity contribution in [2.45, 2.75) is 168 Å². The van der Waals surface area contributed by atoms with Crippen LogP contribution in [0.5, 0.6) is 0 Å². The molecular formula is C27H58O2Si. The highest BCUT2D eigenvalue weighted by Gasteiger charge is 2.35. The zero-order chi connectivity index (χ0) is 22.3. The predicted octanol–water partition coefficient (Wildman–Crippen LogP) is 9.95. The molecule has 0 aliphatic carbocycles. The first-order valence-corrected chi connectivity index (χ1v) is 16.2. The van der Waals surface area contributed by atoms with Gasteiger partial charge in [-0.05, 0) is 31.4 Å². The molecule has 0 saturated carbocycles. The quantitative estimate of drug-likeness (QED) is 0.109. The Hall–Kier alpha value is 0.137. The molecule has 0 amide bonds. The molecule has 3 heteroatoms. The average Bonchev–Trinajstić information content (AvgIpc) is 2.77. The summed E-state index contributed by atoms with van der Waals surface area (Å²) in [5.74, 6) is 0. The van der Waals surface area contributed by atoms with E-state index in [1.807, 2.05) is 0 Å². The van der Waals surface area contributed by atoms with Crippen LogP contribution in [-0.2, 0) is 8.85 Å². The highest BCUT2D eigenvalue weighted by atomic mass is 28.4. The third kappa shape index (κ3) is 16.8. The molecule has 1 unspecified atom stereocenters. The first-order chi connectivity index (χ1) is 14.7. The maximum Gasteiger partial charge on any atom is 0.337 e. The molecule has 0 bridgehead atoms. The van der Waals surface area contributed by atoms with Gasteiger partial charge in [-0.3, -0.25) is 0 Å². The average molecular weight is 443 g/mol. The molecule has 30 heavy (non-hydrogen) atoms. The molecule has 0 spiro atoms. The van der Waals surface area contributed by atoms with Crippen molar-refractivity contribution >= 4 is 8.56 Å². The van der Waals surface area contributed by atoms with Crippen LogP contribution in [0.1, 0.15) is 150 Å². The molecule has 0 radical (unpaired) electrons. The fourth-order valence-electron chi connectivity index (χ4n) is 4.35. The first kappa shape index (κ1) is 30.1. The lowest BCUT2D eigenvalue weighted by molar-refractivity contribution is 0.0972. The van der Waals surface area contributed by atoms with E-state index in [0.717, 1.165) is 18.7 Å². The van der Waals surface area contributed by atoms with Crippen LogP contribution in [0.25, 0.3) is 0 Å². The summed E-state index contributed by atoms with van der Waals surface area (Å²) < 4.78 is 13.2. The molecule has 1 atom stereocenters. The van der Waals surface area contributed by atoms with Crippen molar-refractivity contribution in [1.29, 1.82) is 0 Å². The van der Waals surface area contributed by atoms with Crippen LogP contribution in [0.3, 0.4) is 0 Å². The van der Waals surface area contributed by atoms with Crippen molar-refractivity contribution in [3.63, 3.8) is 0 Å². The van der Waals surface area contributed by atoms with Crippen molar-refractivity contribution in [2.75, 3.05) is 6.61 Å². The monoisotopic (exact) mass is 442 g/mol. The Morgan fingerprint density at radius 3 is 1.40 bits per heavy atom. The minimum atomic E-state index is -2.00. The lowest BCUT2D eigenvalue weighted by atomic mass is 10.0. The Labute approximate surface area is 192 Å². The fourth-order valence-corrected chi connectivity index (χ4v) is 7.02. The molecule has 0 aromatic heterocycles. The van der Waals surface area contributed by atoms with E-state index < -0.39 is 8.56 Å². The second kappa shape index (κ2) is 22.3. The van der Waals surface area contributed by atoms with Crippen LogP contribution in [0.2, 0.25) is 12.1 Å². The maximum absolute atomic E-state index is 6.71. The summed E-state index contributed by atoms with van der Waals surface area (Å²) in [5.41, 5.74) is 0. The Bertz CT molecular complexity index is 331. The lowest BCUT2D eigenvalue weighted by Gasteiger charge is -2.33. The van der Waals surface area contributed by atoms with Gasteiger partial charge in [0.05, 0.1) is 0 Å². The van der Waals surface area contributed by atoms with Gasteiger partial charge in [-0.1, -0.05) is 131 Å². The van der Waals surface area contributed by atoms with Crippen molar-refractivity contribution in [1.82, 2.24) is 0 Å². The standard InChI is InChI=1S/C27H58O2Si/c1-6-11-13-14-15-16-17-18-19-20-21-22-23-26-28-30(9-4,10-5)29-27(24-8-3)25-12-7-2/h27H,6-26H2,1-5H3. The summed E-state index contributed by atoms with van der Waals surface area (Å²) in [6.07, 6.45) is 24.8. The zero-order valence-electron chi connectivity index (χ0n) is 21.7. The largest absolute Gasteiger partial charge is 0.394 e. The van der Waals surface area contributed by atoms with Gasteiger partial charge in [0.1, 0.15) is 0 Å². The van der Waals surface area contributed by atoms with Gasteiger partial charge in [0.15, 0.2) is 0 Å². The van der Waals surface area contributed by atoms with Gasteiger partial charge < -0.3 is 8.85 Å². The number of rotatable bonds is 24. The molecule has 0 heterocycles. The minimum Gasteiger partial charge on any atom is -0.394 e. The Morgan fingerprint density at radius 1 is 0.500 bits per heavy atom. The molecule has 0 aromatic rings. The van der Waals surface area contributed by atoms with Gasteiger partial charge >= 0.3 is 8.56 Å². The van der Waals surface area contributed by atoms with Crippen molar-refractivity contribution in [2.24, 2.45) is 0 Å². The van der Waals surface area contributed by atoms with Crippen LogP contribution >= 0.6 is 0 Å². The highest BCUT2D eigenvalue weighted by molar-refractivity contribution is 6.67. The van der Waals surface area contributed by atoms with Gasteiger partial charge in [0.2, 0.25) is 0 Å². The van der Waals surface area contributed by atoms with Gasteiger partial charge in [-0.25, -0.2) is 0 Å². The van der Waals surface area contributed by atoms with Crippen LogP contribution in [0, 0.1) is 0 Å². The van der Waals surface area contributed by atoms with E-state index in [1.54, 1.807) is 0 Å². The molecule has 0 aliphatic heterocycles. The topological polar surface area (TPSA) is 18.5 Å². The summed E-state index contributed by atoms with van der Waals surface area (Å²) in [7, 11) is -2.00. The number of hydrogen-bond donors (Lipinski definition) is 0. The highest BCUT2D eigenvalue weighted by Crippen LogP contribution is 2.25. The SMILES string of the molecule is CCCCCCCCCCCCCCCO[Si](CC)(CC)OC(CCC)CCCC. The van der Waals surface area contributed by atoms with Crippen molar-refractivity contribution in [3.05, 3.63) is 0 Å². The fraction of sp³-hybridized carbons (Fsp3) is 1.00. The minimum absolute atomic E-state index is 0.424. The van der Waals surface area contributed by atoms with Gasteiger partial charge in [0.25, 0.3) is 0 Å². The summed E-state index contributed by atoms with van der Waals surface area (Å²) in [6, 6.07) is 2.18. The van der Waals surface area contributed by atoms with Gasteiger partial charge in [-0.15, -0.1) is 0 Å². The summed E-state index contributed by atoms with van der Waals surface area (Å²) in [4.78, 5) is 0. The van der Waals surface area contributed by atoms with Crippen LogP contribution in [0.4, 0.5) is 0 Å². The van der Waals surface area contributed by atoms with Crippen LogP contribution < -0.4 is 0 Å². The molecule has 0 N–H and O–H groups in total. The molecule has 2 nitrogen and oxygen atoms in total. The Kier molecular flexibility index (Phi) is 22.4. The molecule has 0 fully saturated rings. The van der Waals surface area contributed by atoms with Crippen LogP contribution in [-0.4, -0.2) is 21.3 Å². The summed E-state index contributed by atoms with van der Waals surface area (Å²) in [6.45, 7) is 12.3. The second-order valence-corrected chi connectivity index (χ2v) is 13.1. The van der Waals surface area contributed by atoms with Gasteiger partial charge in [0, 0.05) is 12.7 Å². The number of hydrogen-bond acceptors (Lipinski definition) is 2. The van der Waals surface area contributed by atoms with E-state index >= 15 is 0 Å². The third-order valence-corrected chi connectivity index (χ3v) is 10.2. The van der Waals surface area contributed by atoms with E-state index in [1.165, 1.54) is 116 Å². The van der Waals surface area contributed by atoms with Gasteiger partial charge in [-0.2, -0.15) is 0 Å². The van der Waals surface area contributed by atoms with Crippen molar-refractivity contribution in [3.8, 4) is 0 Å². The molecule has 0 saturated heterocycles. The smallest absolute Gasteiger partial charge is 0.337 e. The van der Waals surface area contributed by atoms with Crippen LogP contribution in [0.15, 0.2) is 0 Å². The molecule has 0 rings (SSSR count). The summed E-state index contributed by atoms with van der Waals surface area (Å²) in [5, 5.41) is 0. The Balaban J connectivity index is 3.82. The Morgan fingerprint density at radius 2 is 0.967 bits per heavy atom. The normalized spacial score (nSPS) is 13.1. The number of unbranched alkanes of at least 4 members (excludes halogenated alkanes) is 13. The molecular weight excluding hydrogens is 384 g/mol. The second-order valence-electron chi connectivity index (χ2n) is 9.38. The van der Waals surface area contributed by atoms with E-state index in [9.17, 15) is 0 Å².